The number of phosphoric ester groups is 1. The van der Waals surface area contributed by atoms with Gasteiger partial charge in [0.2, 0.25) is 0 Å². The van der Waals surface area contributed by atoms with Crippen LogP contribution < -0.4 is 0 Å². The molecule has 0 fully saturated rings. The maximum absolute atomic E-state index is 12.4. The zero-order chi connectivity index (χ0) is 35.4. The average molecular weight is 724 g/mol. The van der Waals surface area contributed by atoms with Crippen LogP contribution in [-0.2, 0) is 28.2 Å². The molecule has 0 aromatic rings. The number of hydrogen-bond acceptors (Lipinski definition) is 6. The topological polar surface area (TPSA) is 119 Å². The molecule has 0 saturated carbocycles. The minimum absolute atomic E-state index is 0. The van der Waals surface area contributed by atoms with Crippen LogP contribution in [0.4, 0.5) is 0 Å². The summed E-state index contributed by atoms with van der Waals surface area (Å²) in [6.45, 7) is 3.66. The second-order valence-electron chi connectivity index (χ2n) is 13.2. The van der Waals surface area contributed by atoms with E-state index in [1.807, 2.05) is 0 Å². The molecule has 8 nitrogen and oxygen atoms in total. The van der Waals surface area contributed by atoms with Crippen LogP contribution in [0.5, 0.6) is 0 Å². The van der Waals surface area contributed by atoms with Crippen molar-refractivity contribution in [2.24, 2.45) is 0 Å². The third kappa shape index (κ3) is 41.8. The maximum atomic E-state index is 12.4. The summed E-state index contributed by atoms with van der Waals surface area (Å²) < 4.78 is 26.3. The van der Waals surface area contributed by atoms with Gasteiger partial charge in [-0.3, -0.25) is 14.1 Å². The van der Waals surface area contributed by atoms with Crippen molar-refractivity contribution in [3.05, 3.63) is 24.3 Å². The molecule has 0 aromatic carbocycles. The molecule has 2 N–H and O–H groups in total. The first-order chi connectivity index (χ1) is 23.3. The fraction of sp³-hybridized carbons (Fsp3) is 0.846. The zero-order valence-electron chi connectivity index (χ0n) is 31.9. The summed E-state index contributed by atoms with van der Waals surface area (Å²) in [5.41, 5.74) is 0. The number of hydrogen-bond donors (Lipinski definition) is 2. The number of carbonyl (C=O) groups excluding carboxylic acids is 2. The molecular weight excluding hydrogens is 650 g/mol. The summed E-state index contributed by atoms with van der Waals surface area (Å²) in [4.78, 5) is 42.7. The van der Waals surface area contributed by atoms with Crippen molar-refractivity contribution < 1.29 is 37.9 Å². The van der Waals surface area contributed by atoms with Crippen LogP contribution in [0, 0.1) is 0 Å². The SMILES string of the molecule is CCCCCCCCC=CCCCCCCCC(=O)OC[C@H](COP(=O)(O)O)OC(=O)CCCCCCCC=CCCCCCCCC.[Na]. The Balaban J connectivity index is 0. The van der Waals surface area contributed by atoms with Gasteiger partial charge in [-0.25, -0.2) is 4.57 Å². The predicted octanol–water partition coefficient (Wildman–Crippen LogP) is 11.2. The molecule has 0 aromatic heterocycles. The van der Waals surface area contributed by atoms with Gasteiger partial charge >= 0.3 is 19.8 Å². The van der Waals surface area contributed by atoms with Crippen LogP contribution in [0.1, 0.15) is 194 Å². The maximum Gasteiger partial charge on any atom is 0.469 e. The van der Waals surface area contributed by atoms with Gasteiger partial charge in [0.05, 0.1) is 6.61 Å². The van der Waals surface area contributed by atoms with E-state index in [4.69, 9.17) is 19.3 Å². The van der Waals surface area contributed by atoms with Crippen molar-refractivity contribution in [2.75, 3.05) is 13.2 Å². The number of esters is 2. The van der Waals surface area contributed by atoms with Crippen LogP contribution in [0.15, 0.2) is 24.3 Å². The number of ether oxygens (including phenoxy) is 2. The summed E-state index contributed by atoms with van der Waals surface area (Å²) >= 11 is 0. The number of carbonyl (C=O) groups is 2. The predicted molar refractivity (Wildman–Crippen MR) is 203 cm³/mol. The Morgan fingerprint density at radius 1 is 0.531 bits per heavy atom. The van der Waals surface area contributed by atoms with Crippen LogP contribution in [0.3, 0.4) is 0 Å². The quantitative estimate of drug-likeness (QED) is 0.0215. The van der Waals surface area contributed by atoms with Gasteiger partial charge in [-0.05, 0) is 64.2 Å². The first kappa shape index (κ1) is 50.6. The van der Waals surface area contributed by atoms with Crippen LogP contribution >= 0.6 is 7.82 Å². The van der Waals surface area contributed by atoms with E-state index in [2.05, 4.69) is 42.7 Å². The van der Waals surface area contributed by atoms with E-state index < -0.39 is 32.5 Å². The standard InChI is InChI=1S/C39H73O8P.Na/c1-3-5-7-9-11-13-15-17-19-21-23-25-27-29-31-33-38(40)45-35-37(36-46-48(42,43)44)47-39(41)34-32-30-28-26-24-22-20-18-16-14-12-10-8-6-4-2;/h17-20,37H,3-16,21-36H2,1-2H3,(H2,42,43,44);/t37-;/m1./s1. The first-order valence-corrected chi connectivity index (χ1v) is 21.2. The number of rotatable bonds is 36. The van der Waals surface area contributed by atoms with Crippen LogP contribution in [0.25, 0.3) is 0 Å². The molecule has 0 saturated heterocycles. The molecule has 283 valence electrons. The Bertz CT molecular complexity index is 845. The molecule has 0 rings (SSSR count). The Kier molecular flexibility index (Phi) is 40.0. The fourth-order valence-corrected chi connectivity index (χ4v) is 5.84. The monoisotopic (exact) mass is 723 g/mol. The average Bonchev–Trinajstić information content (AvgIpc) is 3.05. The number of unbranched alkanes of at least 4 members (excludes halogenated alkanes) is 22. The molecule has 0 heterocycles. The molecule has 10 heteroatoms. The third-order valence-corrected chi connectivity index (χ3v) is 8.93. The summed E-state index contributed by atoms with van der Waals surface area (Å²) in [6, 6.07) is 0. The summed E-state index contributed by atoms with van der Waals surface area (Å²) in [6.07, 6.45) is 38.9. The molecule has 1 atom stereocenters. The Hall–Kier alpha value is -0.470. The molecule has 0 unspecified atom stereocenters. The van der Waals surface area contributed by atoms with E-state index in [1.54, 1.807) is 0 Å². The van der Waals surface area contributed by atoms with Crippen molar-refractivity contribution in [3.8, 4) is 0 Å². The normalized spacial score (nSPS) is 12.4. The van der Waals surface area contributed by atoms with Gasteiger partial charge in [0.25, 0.3) is 0 Å². The van der Waals surface area contributed by atoms with Gasteiger partial charge in [0.1, 0.15) is 6.61 Å². The van der Waals surface area contributed by atoms with Crippen molar-refractivity contribution >= 4 is 49.3 Å². The second kappa shape index (κ2) is 38.8. The minimum atomic E-state index is -4.75. The van der Waals surface area contributed by atoms with Crippen molar-refractivity contribution in [1.82, 2.24) is 0 Å². The van der Waals surface area contributed by atoms with E-state index in [9.17, 15) is 14.2 Å². The van der Waals surface area contributed by atoms with E-state index in [1.165, 1.54) is 89.9 Å². The Morgan fingerprint density at radius 3 is 1.27 bits per heavy atom. The molecule has 0 aliphatic rings. The smallest absolute Gasteiger partial charge is 0.462 e. The molecule has 0 spiro atoms. The van der Waals surface area contributed by atoms with E-state index in [0.29, 0.717) is 12.8 Å². The van der Waals surface area contributed by atoms with Crippen molar-refractivity contribution in [1.29, 1.82) is 0 Å². The van der Waals surface area contributed by atoms with Crippen molar-refractivity contribution in [2.45, 2.75) is 200 Å². The van der Waals surface area contributed by atoms with Gasteiger partial charge in [0.15, 0.2) is 6.10 Å². The van der Waals surface area contributed by atoms with Crippen LogP contribution in [-0.4, -0.2) is 70.6 Å². The Labute approximate surface area is 322 Å². The summed E-state index contributed by atoms with van der Waals surface area (Å²) in [7, 11) is -4.75. The summed E-state index contributed by atoms with van der Waals surface area (Å²) in [5.74, 6) is -0.901. The van der Waals surface area contributed by atoms with Gasteiger partial charge in [-0.1, -0.05) is 141 Å². The number of phosphoric acid groups is 1. The number of allylic oxidation sites excluding steroid dienone is 4. The molecule has 1 radical (unpaired) electrons. The zero-order valence-corrected chi connectivity index (χ0v) is 34.8. The fourth-order valence-electron chi connectivity index (χ4n) is 5.48. The van der Waals surface area contributed by atoms with Gasteiger partial charge in [-0.2, -0.15) is 0 Å². The molecule has 0 bridgehead atoms. The van der Waals surface area contributed by atoms with Gasteiger partial charge in [-0.15, -0.1) is 0 Å². The molecule has 49 heavy (non-hydrogen) atoms. The Morgan fingerprint density at radius 2 is 0.878 bits per heavy atom. The van der Waals surface area contributed by atoms with E-state index in [-0.39, 0.29) is 49.0 Å². The molecular formula is C39H73NaO8P. The first-order valence-electron chi connectivity index (χ1n) is 19.6. The second-order valence-corrected chi connectivity index (χ2v) is 14.5. The minimum Gasteiger partial charge on any atom is -0.462 e. The van der Waals surface area contributed by atoms with E-state index >= 15 is 0 Å². The van der Waals surface area contributed by atoms with Gasteiger partial charge < -0.3 is 19.3 Å². The third-order valence-electron chi connectivity index (χ3n) is 8.44. The van der Waals surface area contributed by atoms with E-state index in [0.717, 1.165) is 64.2 Å². The largest absolute Gasteiger partial charge is 0.469 e. The molecule has 0 aliphatic heterocycles. The van der Waals surface area contributed by atoms with Crippen LogP contribution in [0.2, 0.25) is 0 Å². The molecule has 0 amide bonds. The molecule has 0 aliphatic carbocycles. The summed E-state index contributed by atoms with van der Waals surface area (Å²) in [5, 5.41) is 0. The van der Waals surface area contributed by atoms with Gasteiger partial charge in [0, 0.05) is 42.4 Å². The van der Waals surface area contributed by atoms with Crippen molar-refractivity contribution in [3.63, 3.8) is 0 Å².